The number of hydrogen-bond acceptors (Lipinski definition) is 4. The molecule has 2 fully saturated rings. The largest absolute Gasteiger partial charge is 0.467 e. The summed E-state index contributed by atoms with van der Waals surface area (Å²) in [6, 6.07) is 3.74. The number of hydrogen-bond donors (Lipinski definition) is 0. The summed E-state index contributed by atoms with van der Waals surface area (Å²) in [5, 5.41) is 4.47. The lowest BCUT2D eigenvalue weighted by Crippen LogP contribution is -2.42. The number of ether oxygens (including phenoxy) is 1. The lowest BCUT2D eigenvalue weighted by Gasteiger charge is -2.32. The molecule has 0 radical (unpaired) electrons. The lowest BCUT2D eigenvalue weighted by atomic mass is 10.1. The zero-order valence-corrected chi connectivity index (χ0v) is 14.0. The molecule has 0 N–H and O–H groups in total. The molecule has 4 rings (SSSR count). The molecule has 6 heteroatoms. The fourth-order valence-corrected chi connectivity index (χ4v) is 3.39. The highest BCUT2D eigenvalue weighted by molar-refractivity contribution is 5.95. The standard InChI is InChI=1S/C18H23N3O3/c1-2-7-21-17(13-5-6-13)14(11-19-21)18(22)20-8-10-24-16(12-20)15-4-3-9-23-15/h3-4,9,11,13,16H,2,5-8,10,12H2,1H3. The monoisotopic (exact) mass is 329 g/mol. The van der Waals surface area contributed by atoms with Crippen molar-refractivity contribution in [3.8, 4) is 0 Å². The van der Waals surface area contributed by atoms with Crippen LogP contribution in [0, 0.1) is 0 Å². The zero-order valence-electron chi connectivity index (χ0n) is 14.0. The molecule has 2 aliphatic rings. The van der Waals surface area contributed by atoms with Crippen molar-refractivity contribution >= 4 is 5.91 Å². The van der Waals surface area contributed by atoms with Crippen LogP contribution < -0.4 is 0 Å². The van der Waals surface area contributed by atoms with E-state index < -0.39 is 0 Å². The molecule has 2 aromatic rings. The third kappa shape index (κ3) is 2.86. The summed E-state index contributed by atoms with van der Waals surface area (Å²) in [5.74, 6) is 1.34. The van der Waals surface area contributed by atoms with Gasteiger partial charge in [0, 0.05) is 19.0 Å². The molecular weight excluding hydrogens is 306 g/mol. The first-order valence-corrected chi connectivity index (χ1v) is 8.78. The van der Waals surface area contributed by atoms with E-state index in [0.717, 1.165) is 42.8 Å². The van der Waals surface area contributed by atoms with Crippen LogP contribution in [0.4, 0.5) is 0 Å². The first kappa shape index (κ1) is 15.4. The number of amides is 1. The molecular formula is C18H23N3O3. The third-order valence-electron chi connectivity index (χ3n) is 4.72. The average Bonchev–Trinajstić information content (AvgIpc) is 3.12. The Morgan fingerprint density at radius 2 is 2.29 bits per heavy atom. The number of furan rings is 1. The van der Waals surface area contributed by atoms with Gasteiger partial charge in [-0.3, -0.25) is 9.48 Å². The molecule has 1 saturated heterocycles. The van der Waals surface area contributed by atoms with Gasteiger partial charge >= 0.3 is 0 Å². The average molecular weight is 329 g/mol. The second-order valence-corrected chi connectivity index (χ2v) is 6.57. The Hall–Kier alpha value is -2.08. The molecule has 128 valence electrons. The summed E-state index contributed by atoms with van der Waals surface area (Å²) >= 11 is 0. The molecule has 1 unspecified atom stereocenters. The Balaban J connectivity index is 1.55. The number of rotatable bonds is 5. The van der Waals surface area contributed by atoms with Crippen LogP contribution in [-0.2, 0) is 11.3 Å². The minimum atomic E-state index is -0.187. The van der Waals surface area contributed by atoms with Gasteiger partial charge in [0.1, 0.15) is 11.9 Å². The molecule has 0 aromatic carbocycles. The number of morpholine rings is 1. The summed E-state index contributed by atoms with van der Waals surface area (Å²) < 4.78 is 13.2. The summed E-state index contributed by atoms with van der Waals surface area (Å²) in [4.78, 5) is 14.9. The smallest absolute Gasteiger partial charge is 0.257 e. The van der Waals surface area contributed by atoms with Gasteiger partial charge in [-0.05, 0) is 31.4 Å². The van der Waals surface area contributed by atoms with Crippen molar-refractivity contribution in [2.24, 2.45) is 0 Å². The topological polar surface area (TPSA) is 60.5 Å². The predicted molar refractivity (Wildman–Crippen MR) is 87.8 cm³/mol. The quantitative estimate of drug-likeness (QED) is 0.846. The zero-order chi connectivity index (χ0) is 16.5. The number of aryl methyl sites for hydroxylation is 1. The van der Waals surface area contributed by atoms with Crippen molar-refractivity contribution in [1.82, 2.24) is 14.7 Å². The Labute approximate surface area is 141 Å². The normalized spacial score (nSPS) is 21.2. The van der Waals surface area contributed by atoms with Crippen LogP contribution in [0.1, 0.15) is 60.0 Å². The van der Waals surface area contributed by atoms with E-state index in [-0.39, 0.29) is 12.0 Å². The van der Waals surface area contributed by atoms with Crippen molar-refractivity contribution in [2.75, 3.05) is 19.7 Å². The van der Waals surface area contributed by atoms with Crippen LogP contribution in [-0.4, -0.2) is 40.3 Å². The molecule has 24 heavy (non-hydrogen) atoms. The highest BCUT2D eigenvalue weighted by Gasteiger charge is 2.35. The van der Waals surface area contributed by atoms with Gasteiger partial charge < -0.3 is 14.1 Å². The van der Waals surface area contributed by atoms with E-state index in [2.05, 4.69) is 12.0 Å². The highest BCUT2D eigenvalue weighted by Crippen LogP contribution is 2.42. The van der Waals surface area contributed by atoms with Crippen LogP contribution >= 0.6 is 0 Å². The number of aromatic nitrogens is 2. The molecule has 0 spiro atoms. The van der Waals surface area contributed by atoms with Crippen molar-refractivity contribution in [3.05, 3.63) is 41.6 Å². The van der Waals surface area contributed by atoms with Gasteiger partial charge in [0.05, 0.1) is 36.9 Å². The molecule has 6 nitrogen and oxygen atoms in total. The van der Waals surface area contributed by atoms with E-state index >= 15 is 0 Å². The Morgan fingerprint density at radius 1 is 1.42 bits per heavy atom. The van der Waals surface area contributed by atoms with Crippen LogP contribution in [0.25, 0.3) is 0 Å². The van der Waals surface area contributed by atoms with Gasteiger partial charge in [-0.15, -0.1) is 0 Å². The third-order valence-corrected chi connectivity index (χ3v) is 4.72. The molecule has 2 aromatic heterocycles. The van der Waals surface area contributed by atoms with Gasteiger partial charge in [0.25, 0.3) is 5.91 Å². The van der Waals surface area contributed by atoms with E-state index in [1.165, 1.54) is 0 Å². The second kappa shape index (κ2) is 6.43. The first-order chi connectivity index (χ1) is 11.8. The van der Waals surface area contributed by atoms with E-state index in [9.17, 15) is 4.79 Å². The maximum atomic E-state index is 13.1. The molecule has 3 heterocycles. The van der Waals surface area contributed by atoms with Crippen molar-refractivity contribution < 1.29 is 13.9 Å². The van der Waals surface area contributed by atoms with Gasteiger partial charge in [-0.1, -0.05) is 6.92 Å². The van der Waals surface area contributed by atoms with E-state index in [1.54, 1.807) is 12.5 Å². The summed E-state index contributed by atoms with van der Waals surface area (Å²) in [5.41, 5.74) is 1.90. The Bertz CT molecular complexity index is 703. The SMILES string of the molecule is CCCn1ncc(C(=O)N2CCOC(c3ccco3)C2)c1C1CC1. The fourth-order valence-electron chi connectivity index (χ4n) is 3.39. The van der Waals surface area contributed by atoms with Crippen LogP contribution in [0.15, 0.2) is 29.0 Å². The summed E-state index contributed by atoms with van der Waals surface area (Å²) in [6.45, 7) is 4.67. The highest BCUT2D eigenvalue weighted by atomic mass is 16.5. The molecule has 1 saturated carbocycles. The molecule has 0 bridgehead atoms. The van der Waals surface area contributed by atoms with Crippen molar-refractivity contribution in [2.45, 2.75) is 44.8 Å². The fraction of sp³-hybridized carbons (Fsp3) is 0.556. The van der Waals surface area contributed by atoms with Crippen LogP contribution in [0.2, 0.25) is 0 Å². The Morgan fingerprint density at radius 3 is 3.00 bits per heavy atom. The molecule has 1 atom stereocenters. The summed E-state index contributed by atoms with van der Waals surface area (Å²) in [7, 11) is 0. The van der Waals surface area contributed by atoms with E-state index in [4.69, 9.17) is 9.15 Å². The van der Waals surface area contributed by atoms with Gasteiger partial charge in [0.2, 0.25) is 0 Å². The van der Waals surface area contributed by atoms with Gasteiger partial charge in [-0.25, -0.2) is 0 Å². The number of carbonyl (C=O) groups is 1. The maximum Gasteiger partial charge on any atom is 0.257 e. The predicted octanol–water partition coefficient (Wildman–Crippen LogP) is 2.98. The number of carbonyl (C=O) groups excluding carboxylic acids is 1. The van der Waals surface area contributed by atoms with Crippen LogP contribution in [0.5, 0.6) is 0 Å². The molecule has 1 amide bonds. The lowest BCUT2D eigenvalue weighted by molar-refractivity contribution is -0.0321. The second-order valence-electron chi connectivity index (χ2n) is 6.57. The van der Waals surface area contributed by atoms with Gasteiger partial charge in [0.15, 0.2) is 0 Å². The number of nitrogens with zero attached hydrogens (tertiary/aromatic N) is 3. The van der Waals surface area contributed by atoms with E-state index in [0.29, 0.717) is 25.6 Å². The van der Waals surface area contributed by atoms with Crippen LogP contribution in [0.3, 0.4) is 0 Å². The van der Waals surface area contributed by atoms with E-state index in [1.807, 2.05) is 21.7 Å². The Kier molecular flexibility index (Phi) is 4.14. The summed E-state index contributed by atoms with van der Waals surface area (Å²) in [6.07, 6.45) is 6.55. The molecule has 1 aliphatic heterocycles. The van der Waals surface area contributed by atoms with Crippen molar-refractivity contribution in [1.29, 1.82) is 0 Å². The van der Waals surface area contributed by atoms with Gasteiger partial charge in [-0.2, -0.15) is 5.10 Å². The first-order valence-electron chi connectivity index (χ1n) is 8.78. The minimum absolute atomic E-state index is 0.0686. The minimum Gasteiger partial charge on any atom is -0.467 e. The maximum absolute atomic E-state index is 13.1. The molecule has 1 aliphatic carbocycles. The van der Waals surface area contributed by atoms with Crippen molar-refractivity contribution in [3.63, 3.8) is 0 Å².